The molecule has 0 aromatic heterocycles. The van der Waals surface area contributed by atoms with Crippen LogP contribution in [0, 0.1) is 12.8 Å². The van der Waals surface area contributed by atoms with Crippen molar-refractivity contribution >= 4 is 39.1 Å². The lowest BCUT2D eigenvalue weighted by Gasteiger charge is -2.14. The van der Waals surface area contributed by atoms with Crippen molar-refractivity contribution in [1.29, 1.82) is 0 Å². The predicted octanol–water partition coefficient (Wildman–Crippen LogP) is 5.98. The number of carbonyl (C=O) groups excluding carboxylic acids is 2. The monoisotopic (exact) mass is 492 g/mol. The van der Waals surface area contributed by atoms with Crippen LogP contribution in [0.3, 0.4) is 0 Å². The normalized spacial score (nSPS) is 12.8. The molecule has 3 aromatic carbocycles. The van der Waals surface area contributed by atoms with Crippen LogP contribution in [-0.4, -0.2) is 18.4 Å². The zero-order valence-electron chi connectivity index (χ0n) is 17.9. The Hall–Kier alpha value is -3.12. The van der Waals surface area contributed by atoms with Gasteiger partial charge in [-0.2, -0.15) is 0 Å². The number of anilines is 2. The molecule has 0 spiro atoms. The van der Waals surface area contributed by atoms with Crippen molar-refractivity contribution in [3.8, 4) is 5.75 Å². The minimum atomic E-state index is -0.227. The number of nitrogens with one attached hydrogen (secondary N) is 2. The first-order valence-corrected chi connectivity index (χ1v) is 11.5. The minimum Gasteiger partial charge on any atom is -0.492 e. The number of halogens is 1. The molecule has 6 heteroatoms. The molecule has 0 aliphatic heterocycles. The van der Waals surface area contributed by atoms with Crippen LogP contribution in [-0.2, 0) is 11.2 Å². The maximum atomic E-state index is 12.8. The van der Waals surface area contributed by atoms with Gasteiger partial charge in [0.05, 0.1) is 11.1 Å². The first-order chi connectivity index (χ1) is 15.5. The van der Waals surface area contributed by atoms with Crippen LogP contribution in [0.1, 0.15) is 34.3 Å². The topological polar surface area (TPSA) is 67.4 Å². The maximum absolute atomic E-state index is 12.8. The van der Waals surface area contributed by atoms with Gasteiger partial charge < -0.3 is 15.4 Å². The van der Waals surface area contributed by atoms with Gasteiger partial charge in [0.1, 0.15) is 5.75 Å². The molecule has 3 aromatic rings. The Bertz CT molecular complexity index is 1130. The average Bonchev–Trinajstić information content (AvgIpc) is 3.64. The molecule has 0 bridgehead atoms. The highest BCUT2D eigenvalue weighted by atomic mass is 79.9. The Morgan fingerprint density at radius 1 is 0.969 bits per heavy atom. The number of rotatable bonds is 8. The molecule has 4 rings (SSSR count). The van der Waals surface area contributed by atoms with Gasteiger partial charge in [0, 0.05) is 29.3 Å². The number of hydrogen-bond acceptors (Lipinski definition) is 3. The molecule has 1 saturated carbocycles. The van der Waals surface area contributed by atoms with Crippen molar-refractivity contribution in [2.75, 3.05) is 17.2 Å². The Balaban J connectivity index is 1.38. The van der Waals surface area contributed by atoms with E-state index in [1.807, 2.05) is 43.3 Å². The van der Waals surface area contributed by atoms with Crippen LogP contribution in [0.2, 0.25) is 0 Å². The SMILES string of the molecule is Cc1c(NC(=O)c2ccc(OCCc3ccccc3)c(Br)c2)cccc1NC(=O)C1CC1. The summed E-state index contributed by atoms with van der Waals surface area (Å²) in [7, 11) is 0. The van der Waals surface area contributed by atoms with E-state index in [9.17, 15) is 9.59 Å². The summed E-state index contributed by atoms with van der Waals surface area (Å²) in [6, 6.07) is 20.9. The van der Waals surface area contributed by atoms with Crippen molar-refractivity contribution in [3.63, 3.8) is 0 Å². The van der Waals surface area contributed by atoms with E-state index in [4.69, 9.17) is 4.74 Å². The number of carbonyl (C=O) groups is 2. The summed E-state index contributed by atoms with van der Waals surface area (Å²) in [4.78, 5) is 24.9. The van der Waals surface area contributed by atoms with Gasteiger partial charge in [0.2, 0.25) is 5.91 Å². The van der Waals surface area contributed by atoms with E-state index in [2.05, 4.69) is 38.7 Å². The fourth-order valence-corrected chi connectivity index (χ4v) is 3.86. The van der Waals surface area contributed by atoms with Crippen LogP contribution in [0.25, 0.3) is 0 Å². The van der Waals surface area contributed by atoms with Gasteiger partial charge in [0.15, 0.2) is 0 Å². The second-order valence-corrected chi connectivity index (χ2v) is 8.78. The third-order valence-electron chi connectivity index (χ3n) is 5.47. The summed E-state index contributed by atoms with van der Waals surface area (Å²) in [6.45, 7) is 2.43. The molecule has 1 fully saturated rings. The van der Waals surface area contributed by atoms with E-state index >= 15 is 0 Å². The van der Waals surface area contributed by atoms with Gasteiger partial charge in [-0.05, 0) is 77.2 Å². The molecule has 0 atom stereocenters. The lowest BCUT2D eigenvalue weighted by atomic mass is 10.1. The maximum Gasteiger partial charge on any atom is 0.255 e. The van der Waals surface area contributed by atoms with E-state index < -0.39 is 0 Å². The molecular weight excluding hydrogens is 468 g/mol. The Morgan fingerprint density at radius 2 is 1.69 bits per heavy atom. The summed E-state index contributed by atoms with van der Waals surface area (Å²) in [6.07, 6.45) is 2.70. The zero-order chi connectivity index (χ0) is 22.5. The van der Waals surface area contributed by atoms with Gasteiger partial charge >= 0.3 is 0 Å². The van der Waals surface area contributed by atoms with E-state index in [1.54, 1.807) is 18.2 Å². The van der Waals surface area contributed by atoms with Crippen LogP contribution in [0.5, 0.6) is 5.75 Å². The quantitative estimate of drug-likeness (QED) is 0.406. The molecule has 2 amide bonds. The molecule has 1 aliphatic carbocycles. The molecule has 0 unspecified atom stereocenters. The van der Waals surface area contributed by atoms with Gasteiger partial charge in [-0.15, -0.1) is 0 Å². The van der Waals surface area contributed by atoms with E-state index in [0.717, 1.165) is 35.0 Å². The van der Waals surface area contributed by atoms with Crippen LogP contribution in [0.4, 0.5) is 11.4 Å². The van der Waals surface area contributed by atoms with Crippen molar-refractivity contribution in [1.82, 2.24) is 0 Å². The zero-order valence-corrected chi connectivity index (χ0v) is 19.4. The smallest absolute Gasteiger partial charge is 0.255 e. The number of amides is 2. The average molecular weight is 493 g/mol. The Morgan fingerprint density at radius 3 is 2.38 bits per heavy atom. The number of benzene rings is 3. The first-order valence-electron chi connectivity index (χ1n) is 10.7. The summed E-state index contributed by atoms with van der Waals surface area (Å²) in [5.74, 6) is 0.635. The van der Waals surface area contributed by atoms with Gasteiger partial charge in [-0.3, -0.25) is 9.59 Å². The van der Waals surface area contributed by atoms with Crippen molar-refractivity contribution in [2.45, 2.75) is 26.2 Å². The van der Waals surface area contributed by atoms with Gasteiger partial charge in [-0.1, -0.05) is 36.4 Å². The highest BCUT2D eigenvalue weighted by Crippen LogP contribution is 2.32. The molecule has 1 aliphatic rings. The van der Waals surface area contributed by atoms with E-state index in [0.29, 0.717) is 23.6 Å². The van der Waals surface area contributed by atoms with Gasteiger partial charge in [-0.25, -0.2) is 0 Å². The molecule has 164 valence electrons. The Kier molecular flexibility index (Phi) is 6.90. The van der Waals surface area contributed by atoms with Crippen molar-refractivity contribution in [3.05, 3.63) is 87.9 Å². The van der Waals surface area contributed by atoms with E-state index in [1.165, 1.54) is 5.56 Å². The van der Waals surface area contributed by atoms with Crippen LogP contribution < -0.4 is 15.4 Å². The highest BCUT2D eigenvalue weighted by Gasteiger charge is 2.29. The first kappa shape index (κ1) is 22.1. The third kappa shape index (κ3) is 5.56. The fraction of sp³-hybridized carbons (Fsp3) is 0.231. The van der Waals surface area contributed by atoms with Crippen molar-refractivity contribution in [2.24, 2.45) is 5.92 Å². The standard InChI is InChI=1S/C26H25BrN2O3/c1-17-22(28-25(30)19-10-11-19)8-5-9-23(17)29-26(31)20-12-13-24(21(27)16-20)32-15-14-18-6-3-2-4-7-18/h2-9,12-13,16,19H,10-11,14-15H2,1H3,(H,28,30)(H,29,31). The Labute approximate surface area is 196 Å². The summed E-state index contributed by atoms with van der Waals surface area (Å²) < 4.78 is 6.59. The fourth-order valence-electron chi connectivity index (χ4n) is 3.36. The van der Waals surface area contributed by atoms with Crippen LogP contribution >= 0.6 is 15.9 Å². The molecular formula is C26H25BrN2O3. The van der Waals surface area contributed by atoms with Gasteiger partial charge in [0.25, 0.3) is 5.91 Å². The summed E-state index contributed by atoms with van der Waals surface area (Å²) >= 11 is 3.51. The largest absolute Gasteiger partial charge is 0.492 e. The molecule has 0 heterocycles. The molecule has 0 radical (unpaired) electrons. The number of hydrogen-bond donors (Lipinski definition) is 2. The molecule has 0 saturated heterocycles. The summed E-state index contributed by atoms with van der Waals surface area (Å²) in [5, 5.41) is 5.90. The van der Waals surface area contributed by atoms with E-state index in [-0.39, 0.29) is 17.7 Å². The second-order valence-electron chi connectivity index (χ2n) is 7.93. The highest BCUT2D eigenvalue weighted by molar-refractivity contribution is 9.10. The summed E-state index contributed by atoms with van der Waals surface area (Å²) in [5.41, 5.74) is 3.95. The molecule has 32 heavy (non-hydrogen) atoms. The van der Waals surface area contributed by atoms with Crippen molar-refractivity contribution < 1.29 is 14.3 Å². The number of ether oxygens (including phenoxy) is 1. The lowest BCUT2D eigenvalue weighted by Crippen LogP contribution is -2.16. The lowest BCUT2D eigenvalue weighted by molar-refractivity contribution is -0.117. The second kappa shape index (κ2) is 10.0. The third-order valence-corrected chi connectivity index (χ3v) is 6.09. The molecule has 5 nitrogen and oxygen atoms in total. The van der Waals surface area contributed by atoms with Crippen LogP contribution in [0.15, 0.2) is 71.2 Å². The molecule has 2 N–H and O–H groups in total. The predicted molar refractivity (Wildman–Crippen MR) is 130 cm³/mol. The minimum absolute atomic E-state index is 0.0448.